The van der Waals surface area contributed by atoms with E-state index in [-0.39, 0.29) is 23.3 Å². The molecule has 0 N–H and O–H groups in total. The van der Waals surface area contributed by atoms with Gasteiger partial charge in [-0.15, -0.1) is 0 Å². The van der Waals surface area contributed by atoms with E-state index in [0.29, 0.717) is 24.3 Å². The number of fused-ring (bicyclic) bond motifs is 1. The van der Waals surface area contributed by atoms with Gasteiger partial charge in [0.1, 0.15) is 6.10 Å². The van der Waals surface area contributed by atoms with Gasteiger partial charge in [-0.05, 0) is 25.7 Å². The molecule has 0 spiro atoms. The molecule has 0 radical (unpaired) electrons. The molecule has 0 aromatic carbocycles. The topological polar surface area (TPSA) is 97.4 Å². The number of nitrogens with zero attached hydrogens (tertiary/aromatic N) is 4. The predicted molar refractivity (Wildman–Crippen MR) is 147 cm³/mol. The van der Waals surface area contributed by atoms with E-state index in [1.54, 1.807) is 25.0 Å². The maximum absolute atomic E-state index is 12.7. The Labute approximate surface area is 221 Å². The van der Waals surface area contributed by atoms with Gasteiger partial charge in [0.15, 0.2) is 11.2 Å². The van der Waals surface area contributed by atoms with Gasteiger partial charge in [-0.3, -0.25) is 18.7 Å². The second kappa shape index (κ2) is 17.2. The van der Waals surface area contributed by atoms with Crippen LogP contribution >= 0.6 is 0 Å². The van der Waals surface area contributed by atoms with Gasteiger partial charge < -0.3 is 14.0 Å². The number of imidazole rings is 1. The third-order valence-corrected chi connectivity index (χ3v) is 6.89. The molecule has 2 heterocycles. The van der Waals surface area contributed by atoms with Crippen LogP contribution in [0.4, 0.5) is 0 Å². The normalized spacial score (nSPS) is 12.3. The maximum Gasteiger partial charge on any atom is 0.332 e. The summed E-state index contributed by atoms with van der Waals surface area (Å²) in [4.78, 5) is 40.9. The summed E-state index contributed by atoms with van der Waals surface area (Å²) in [7, 11) is 3.42. The minimum absolute atomic E-state index is 0.157. The predicted octanol–water partition coefficient (Wildman–Crippen LogP) is 4.86. The van der Waals surface area contributed by atoms with E-state index in [2.05, 4.69) is 11.9 Å². The highest BCUT2D eigenvalue weighted by molar-refractivity contribution is 5.69. The van der Waals surface area contributed by atoms with Crippen molar-refractivity contribution < 1.29 is 14.3 Å². The molecule has 0 amide bonds. The van der Waals surface area contributed by atoms with E-state index in [1.807, 2.05) is 0 Å². The van der Waals surface area contributed by atoms with Crippen molar-refractivity contribution in [3.8, 4) is 0 Å². The fraction of sp³-hybridized carbons (Fsp3) is 0.786. The second-order valence-electron chi connectivity index (χ2n) is 10.2. The molecule has 0 bridgehead atoms. The Balaban J connectivity index is 1.58. The largest absolute Gasteiger partial charge is 0.460 e. The first-order chi connectivity index (χ1) is 17.9. The van der Waals surface area contributed by atoms with Gasteiger partial charge in [0.05, 0.1) is 12.9 Å². The Morgan fingerprint density at radius 3 is 2.22 bits per heavy atom. The third-order valence-electron chi connectivity index (χ3n) is 6.89. The zero-order chi connectivity index (χ0) is 27.0. The second-order valence-corrected chi connectivity index (χ2v) is 10.2. The van der Waals surface area contributed by atoms with Gasteiger partial charge in [-0.1, -0.05) is 71.1 Å². The standard InChI is InChI=1S/C28H48N4O5/c1-5-6-7-8-14-17-20-36-21-24(37-23(2)33)18-15-12-10-9-11-13-16-19-32-27(34)25-26(29-22-30(25)3)31(4)28(32)35/h22,24H,5-21H2,1-4H3. The minimum Gasteiger partial charge on any atom is -0.460 e. The fourth-order valence-corrected chi connectivity index (χ4v) is 4.73. The average Bonchev–Trinajstić information content (AvgIpc) is 3.26. The van der Waals surface area contributed by atoms with Crippen molar-refractivity contribution in [2.45, 2.75) is 116 Å². The van der Waals surface area contributed by atoms with Crippen LogP contribution in [0.2, 0.25) is 0 Å². The van der Waals surface area contributed by atoms with E-state index in [1.165, 1.54) is 48.2 Å². The highest BCUT2D eigenvalue weighted by atomic mass is 16.6. The molecule has 37 heavy (non-hydrogen) atoms. The molecule has 0 saturated heterocycles. The Morgan fingerprint density at radius 1 is 0.919 bits per heavy atom. The first kappa shape index (κ1) is 30.8. The molecule has 2 aromatic rings. The SMILES string of the molecule is CCCCCCCCOCC(CCCCCCCCCn1c(=O)c2c(ncn2C)n(C)c1=O)OC(C)=O. The molecule has 2 rings (SSSR count). The van der Waals surface area contributed by atoms with Gasteiger partial charge in [0, 0.05) is 34.2 Å². The molecule has 0 aliphatic heterocycles. The van der Waals surface area contributed by atoms with E-state index in [0.717, 1.165) is 64.4 Å². The molecule has 0 saturated carbocycles. The molecular weight excluding hydrogens is 472 g/mol. The van der Waals surface area contributed by atoms with Gasteiger partial charge in [0.25, 0.3) is 5.56 Å². The number of esters is 1. The third kappa shape index (κ3) is 10.5. The van der Waals surface area contributed by atoms with Crippen molar-refractivity contribution >= 4 is 17.1 Å². The lowest BCUT2D eigenvalue weighted by atomic mass is 10.1. The van der Waals surface area contributed by atoms with Crippen LogP contribution in [0.3, 0.4) is 0 Å². The number of hydrogen-bond donors (Lipinski definition) is 0. The summed E-state index contributed by atoms with van der Waals surface area (Å²) in [5, 5.41) is 0. The highest BCUT2D eigenvalue weighted by Gasteiger charge is 2.15. The van der Waals surface area contributed by atoms with Crippen LogP contribution in [0.25, 0.3) is 11.2 Å². The van der Waals surface area contributed by atoms with Crippen molar-refractivity contribution in [2.75, 3.05) is 13.2 Å². The number of aryl methyl sites for hydroxylation is 2. The summed E-state index contributed by atoms with van der Waals surface area (Å²) in [5.41, 5.74) is 0.307. The Morgan fingerprint density at radius 2 is 1.54 bits per heavy atom. The van der Waals surface area contributed by atoms with Gasteiger partial charge in [0.2, 0.25) is 0 Å². The van der Waals surface area contributed by atoms with Gasteiger partial charge in [-0.2, -0.15) is 0 Å². The summed E-state index contributed by atoms with van der Waals surface area (Å²) >= 11 is 0. The summed E-state index contributed by atoms with van der Waals surface area (Å²) in [6.07, 6.45) is 16.8. The molecule has 1 atom stereocenters. The minimum atomic E-state index is -0.311. The van der Waals surface area contributed by atoms with E-state index in [9.17, 15) is 14.4 Å². The maximum atomic E-state index is 12.7. The van der Waals surface area contributed by atoms with Gasteiger partial charge >= 0.3 is 11.7 Å². The molecule has 0 fully saturated rings. The number of ether oxygens (including phenoxy) is 2. The monoisotopic (exact) mass is 520 g/mol. The summed E-state index contributed by atoms with van der Waals surface area (Å²) < 4.78 is 15.7. The molecule has 210 valence electrons. The number of rotatable bonds is 20. The van der Waals surface area contributed by atoms with Crippen LogP contribution in [0.5, 0.6) is 0 Å². The molecule has 2 aromatic heterocycles. The molecular formula is C28H48N4O5. The van der Waals surface area contributed by atoms with Crippen molar-refractivity contribution in [2.24, 2.45) is 14.1 Å². The quantitative estimate of drug-likeness (QED) is 0.183. The molecule has 0 aliphatic carbocycles. The number of carbonyl (C=O) groups is 1. The first-order valence-corrected chi connectivity index (χ1v) is 14.2. The van der Waals surface area contributed by atoms with E-state index in [4.69, 9.17) is 9.47 Å². The summed E-state index contributed by atoms with van der Waals surface area (Å²) in [6, 6.07) is 0. The molecule has 9 heteroatoms. The summed E-state index contributed by atoms with van der Waals surface area (Å²) in [6.45, 7) is 5.32. The van der Waals surface area contributed by atoms with Gasteiger partial charge in [-0.25, -0.2) is 9.78 Å². The Kier molecular flexibility index (Phi) is 14.3. The first-order valence-electron chi connectivity index (χ1n) is 14.2. The summed E-state index contributed by atoms with van der Waals surface area (Å²) in [5.74, 6) is -0.246. The average molecular weight is 521 g/mol. The number of unbranched alkanes of at least 4 members (excludes halogenated alkanes) is 11. The lowest BCUT2D eigenvalue weighted by Gasteiger charge is -2.17. The van der Waals surface area contributed by atoms with Crippen LogP contribution in [0.15, 0.2) is 15.9 Å². The van der Waals surface area contributed by atoms with Crippen molar-refractivity contribution in [3.05, 3.63) is 27.2 Å². The zero-order valence-electron chi connectivity index (χ0n) is 23.5. The smallest absolute Gasteiger partial charge is 0.332 e. The zero-order valence-corrected chi connectivity index (χ0v) is 23.5. The van der Waals surface area contributed by atoms with Crippen molar-refractivity contribution in [1.29, 1.82) is 0 Å². The fourth-order valence-electron chi connectivity index (χ4n) is 4.73. The van der Waals surface area contributed by atoms with E-state index >= 15 is 0 Å². The lowest BCUT2D eigenvalue weighted by molar-refractivity contribution is -0.149. The number of aromatic nitrogens is 4. The molecule has 0 aliphatic rings. The highest BCUT2D eigenvalue weighted by Crippen LogP contribution is 2.13. The number of hydrogen-bond acceptors (Lipinski definition) is 6. The van der Waals surface area contributed by atoms with Crippen molar-refractivity contribution in [3.63, 3.8) is 0 Å². The number of carbonyl (C=O) groups excluding carboxylic acids is 1. The van der Waals surface area contributed by atoms with Crippen LogP contribution in [0.1, 0.15) is 104 Å². The molecule has 9 nitrogen and oxygen atoms in total. The van der Waals surface area contributed by atoms with Crippen molar-refractivity contribution in [1.82, 2.24) is 18.7 Å². The van der Waals surface area contributed by atoms with Crippen LogP contribution in [-0.2, 0) is 34.9 Å². The Hall–Kier alpha value is -2.42. The van der Waals surface area contributed by atoms with Crippen LogP contribution in [0, 0.1) is 0 Å². The van der Waals surface area contributed by atoms with Crippen LogP contribution in [-0.4, -0.2) is 44.0 Å². The Bertz CT molecular complexity index is 1060. The molecule has 1 unspecified atom stereocenters. The lowest BCUT2D eigenvalue weighted by Crippen LogP contribution is -2.39. The van der Waals surface area contributed by atoms with E-state index < -0.39 is 0 Å². The van der Waals surface area contributed by atoms with Crippen LogP contribution < -0.4 is 11.2 Å².